The van der Waals surface area contributed by atoms with E-state index in [0.29, 0.717) is 33.7 Å². The third kappa shape index (κ3) is 3.76. The van der Waals surface area contributed by atoms with Gasteiger partial charge in [-0.2, -0.15) is 0 Å². The Bertz CT molecular complexity index is 643. The van der Waals surface area contributed by atoms with Crippen molar-refractivity contribution in [3.8, 4) is 11.3 Å². The van der Waals surface area contributed by atoms with Crippen molar-refractivity contribution in [2.75, 3.05) is 6.61 Å². The van der Waals surface area contributed by atoms with Gasteiger partial charge >= 0.3 is 0 Å². The molecule has 3 nitrogen and oxygen atoms in total. The fourth-order valence-electron chi connectivity index (χ4n) is 1.63. The number of aromatic amines is 1. The van der Waals surface area contributed by atoms with Crippen molar-refractivity contribution < 1.29 is 4.74 Å². The molecule has 0 aliphatic heterocycles. The maximum atomic E-state index is 6.18. The normalized spacial score (nSPS) is 10.7. The van der Waals surface area contributed by atoms with Crippen molar-refractivity contribution in [3.63, 3.8) is 0 Å². The van der Waals surface area contributed by atoms with Crippen LogP contribution in [-0.4, -0.2) is 16.6 Å². The molecule has 0 saturated heterocycles. The van der Waals surface area contributed by atoms with Crippen LogP contribution < -0.4 is 0 Å². The van der Waals surface area contributed by atoms with E-state index in [0.717, 1.165) is 11.3 Å². The van der Waals surface area contributed by atoms with Gasteiger partial charge in [0.05, 0.1) is 10.7 Å². The summed E-state index contributed by atoms with van der Waals surface area (Å²) in [5.74, 6) is 0.676. The number of benzene rings is 1. The van der Waals surface area contributed by atoms with E-state index in [-0.39, 0.29) is 0 Å². The van der Waals surface area contributed by atoms with Crippen LogP contribution in [0.5, 0.6) is 0 Å². The van der Waals surface area contributed by atoms with Gasteiger partial charge in [-0.05, 0) is 31.2 Å². The molecule has 0 unspecified atom stereocenters. The van der Waals surface area contributed by atoms with Gasteiger partial charge in [0.2, 0.25) is 0 Å². The summed E-state index contributed by atoms with van der Waals surface area (Å²) in [5, 5.41) is 1.16. The summed E-state index contributed by atoms with van der Waals surface area (Å²) < 4.78 is 5.82. The molecule has 0 atom stereocenters. The van der Waals surface area contributed by atoms with Crippen LogP contribution in [0.4, 0.5) is 0 Å². The van der Waals surface area contributed by atoms with Crippen LogP contribution in [0.1, 0.15) is 12.7 Å². The smallest absolute Gasteiger partial charge is 0.134 e. The molecule has 2 rings (SSSR count). The summed E-state index contributed by atoms with van der Waals surface area (Å²) in [7, 11) is 0. The molecule has 0 amide bonds. The van der Waals surface area contributed by atoms with Crippen LogP contribution in [0.25, 0.3) is 11.3 Å². The van der Waals surface area contributed by atoms with Gasteiger partial charge in [-0.25, -0.2) is 4.98 Å². The van der Waals surface area contributed by atoms with E-state index in [1.54, 1.807) is 18.2 Å². The lowest BCUT2D eigenvalue weighted by molar-refractivity contribution is 0.128. The van der Waals surface area contributed by atoms with Crippen LogP contribution in [0.15, 0.2) is 24.3 Å². The van der Waals surface area contributed by atoms with E-state index in [1.807, 2.05) is 13.0 Å². The molecule has 1 aromatic heterocycles. The number of hydrogen-bond donors (Lipinski definition) is 1. The van der Waals surface area contributed by atoms with E-state index >= 15 is 0 Å². The second kappa shape index (κ2) is 6.48. The van der Waals surface area contributed by atoms with Gasteiger partial charge in [0.15, 0.2) is 0 Å². The summed E-state index contributed by atoms with van der Waals surface area (Å²) in [5.41, 5.74) is 1.63. The molecule has 1 aromatic carbocycles. The van der Waals surface area contributed by atoms with Gasteiger partial charge in [-0.15, -0.1) is 0 Å². The van der Waals surface area contributed by atoms with E-state index in [4.69, 9.17) is 40.2 Å². The number of rotatable bonds is 4. The first-order valence-electron chi connectivity index (χ1n) is 5.73. The lowest BCUT2D eigenvalue weighted by Crippen LogP contribution is -2.00. The first-order chi connectivity index (χ1) is 9.10. The fraction of sp³-hybridized carbons (Fsp3) is 0.231. The molecule has 19 heavy (non-hydrogen) atoms. The van der Waals surface area contributed by atoms with Crippen LogP contribution in [0.3, 0.4) is 0 Å². The predicted octanol–water partition coefficient (Wildman–Crippen LogP) is 4.65. The zero-order valence-corrected chi connectivity index (χ0v) is 12.6. The number of H-pyrrole nitrogens is 1. The fourth-order valence-corrected chi connectivity index (χ4v) is 2.37. The zero-order chi connectivity index (χ0) is 13.8. The number of halogens is 2. The topological polar surface area (TPSA) is 37.9 Å². The Morgan fingerprint density at radius 1 is 1.32 bits per heavy atom. The highest BCUT2D eigenvalue weighted by atomic mass is 35.5. The quantitative estimate of drug-likeness (QED) is 0.835. The molecule has 0 bridgehead atoms. The van der Waals surface area contributed by atoms with E-state index in [9.17, 15) is 0 Å². The van der Waals surface area contributed by atoms with E-state index in [1.165, 1.54) is 0 Å². The van der Waals surface area contributed by atoms with Crippen LogP contribution in [0, 0.1) is 4.64 Å². The summed E-state index contributed by atoms with van der Waals surface area (Å²) in [6.07, 6.45) is 0. The largest absolute Gasteiger partial charge is 0.374 e. The minimum atomic E-state index is 0.388. The summed E-state index contributed by atoms with van der Waals surface area (Å²) in [6.45, 7) is 2.93. The van der Waals surface area contributed by atoms with Crippen molar-refractivity contribution in [1.82, 2.24) is 9.97 Å². The number of aromatic nitrogens is 2. The van der Waals surface area contributed by atoms with Gasteiger partial charge in [-0.1, -0.05) is 35.4 Å². The Kier molecular flexibility index (Phi) is 4.93. The van der Waals surface area contributed by atoms with Gasteiger partial charge in [0.1, 0.15) is 17.1 Å². The molecule has 1 N–H and O–H groups in total. The lowest BCUT2D eigenvalue weighted by atomic mass is 10.1. The zero-order valence-electron chi connectivity index (χ0n) is 10.2. The van der Waals surface area contributed by atoms with Gasteiger partial charge in [0.25, 0.3) is 0 Å². The number of nitrogens with zero attached hydrogens (tertiary/aromatic N) is 1. The van der Waals surface area contributed by atoms with Crippen molar-refractivity contribution in [2.45, 2.75) is 13.5 Å². The molecule has 0 fully saturated rings. The second-order valence-corrected chi connectivity index (χ2v) is 5.10. The number of nitrogens with one attached hydrogen (secondary N) is 1. The number of ether oxygens (including phenoxy) is 1. The molecule has 0 saturated carbocycles. The molecule has 6 heteroatoms. The van der Waals surface area contributed by atoms with Crippen LogP contribution >= 0.6 is 35.4 Å². The molecule has 0 spiro atoms. The Morgan fingerprint density at radius 2 is 2.11 bits per heavy atom. The Morgan fingerprint density at radius 3 is 2.79 bits per heavy atom. The highest BCUT2D eigenvalue weighted by molar-refractivity contribution is 7.71. The SMILES string of the molecule is CCOCc1nc(=S)cc(-c2ccc(Cl)cc2Cl)[nH]1. The van der Waals surface area contributed by atoms with Gasteiger partial charge in [0, 0.05) is 17.2 Å². The molecule has 0 radical (unpaired) electrons. The average molecular weight is 315 g/mol. The third-order valence-corrected chi connectivity index (χ3v) is 3.21. The highest BCUT2D eigenvalue weighted by Crippen LogP contribution is 2.29. The molecular weight excluding hydrogens is 303 g/mol. The first kappa shape index (κ1) is 14.5. The first-order valence-corrected chi connectivity index (χ1v) is 6.90. The van der Waals surface area contributed by atoms with Crippen LogP contribution in [-0.2, 0) is 11.3 Å². The summed E-state index contributed by atoms with van der Waals surface area (Å²) >= 11 is 17.2. The van der Waals surface area contributed by atoms with Crippen molar-refractivity contribution >= 4 is 35.4 Å². The Labute approximate surface area is 126 Å². The van der Waals surface area contributed by atoms with Gasteiger partial charge in [-0.3, -0.25) is 0 Å². The number of hydrogen-bond acceptors (Lipinski definition) is 3. The summed E-state index contributed by atoms with van der Waals surface area (Å²) in [6, 6.07) is 7.08. The summed E-state index contributed by atoms with van der Waals surface area (Å²) in [4.78, 5) is 7.38. The maximum absolute atomic E-state index is 6.18. The van der Waals surface area contributed by atoms with E-state index in [2.05, 4.69) is 9.97 Å². The highest BCUT2D eigenvalue weighted by Gasteiger charge is 2.07. The van der Waals surface area contributed by atoms with Crippen molar-refractivity contribution in [2.24, 2.45) is 0 Å². The van der Waals surface area contributed by atoms with Crippen molar-refractivity contribution in [3.05, 3.63) is 44.8 Å². The predicted molar refractivity (Wildman–Crippen MR) is 80.2 cm³/mol. The lowest BCUT2D eigenvalue weighted by Gasteiger charge is -2.08. The molecular formula is C13H12Cl2N2OS. The van der Waals surface area contributed by atoms with Gasteiger partial charge < -0.3 is 9.72 Å². The molecule has 0 aliphatic carbocycles. The molecule has 100 valence electrons. The third-order valence-electron chi connectivity index (χ3n) is 2.46. The second-order valence-electron chi connectivity index (χ2n) is 3.84. The molecule has 1 heterocycles. The maximum Gasteiger partial charge on any atom is 0.134 e. The Hall–Kier alpha value is -0.940. The van der Waals surface area contributed by atoms with Crippen LogP contribution in [0.2, 0.25) is 10.0 Å². The molecule has 0 aliphatic rings. The van der Waals surface area contributed by atoms with E-state index < -0.39 is 0 Å². The average Bonchev–Trinajstić information content (AvgIpc) is 2.35. The van der Waals surface area contributed by atoms with Crippen molar-refractivity contribution in [1.29, 1.82) is 0 Å². The monoisotopic (exact) mass is 314 g/mol. The Balaban J connectivity index is 2.44. The minimum Gasteiger partial charge on any atom is -0.374 e. The standard InChI is InChI=1S/C13H12Cl2N2OS/c1-2-18-7-12-16-11(6-13(19)17-12)9-4-3-8(14)5-10(9)15/h3-6H,2,7H2,1H3,(H,16,17,19). The minimum absolute atomic E-state index is 0.388. The molecule has 2 aromatic rings.